The van der Waals surface area contributed by atoms with Crippen molar-refractivity contribution in [3.8, 4) is 22.1 Å². The molecule has 1 aromatic heterocycles. The van der Waals surface area contributed by atoms with Crippen LogP contribution in [0.15, 0.2) is 53.9 Å². The fourth-order valence-corrected chi connectivity index (χ4v) is 5.42. The first-order chi connectivity index (χ1) is 18.0. The van der Waals surface area contributed by atoms with Crippen molar-refractivity contribution in [2.45, 2.75) is 38.8 Å². The summed E-state index contributed by atoms with van der Waals surface area (Å²) >= 11 is 1.57. The molecule has 2 aromatic carbocycles. The van der Waals surface area contributed by atoms with E-state index in [0.717, 1.165) is 41.3 Å². The number of methoxy groups -OCH3 is 1. The van der Waals surface area contributed by atoms with Gasteiger partial charge in [-0.15, -0.1) is 11.3 Å². The van der Waals surface area contributed by atoms with Gasteiger partial charge >= 0.3 is 0 Å². The average Bonchev–Trinajstić information content (AvgIpc) is 3.59. The lowest BCUT2D eigenvalue weighted by molar-refractivity contribution is -0.132. The summed E-state index contributed by atoms with van der Waals surface area (Å²) in [6, 6.07) is 15.9. The zero-order valence-corrected chi connectivity index (χ0v) is 22.3. The third-order valence-electron chi connectivity index (χ3n) is 6.78. The van der Waals surface area contributed by atoms with E-state index in [1.54, 1.807) is 18.4 Å². The van der Waals surface area contributed by atoms with Gasteiger partial charge in [-0.2, -0.15) is 0 Å². The number of carbonyl (C=O) groups is 1. The van der Waals surface area contributed by atoms with Gasteiger partial charge in [-0.1, -0.05) is 43.3 Å². The maximum absolute atomic E-state index is 13.5. The summed E-state index contributed by atoms with van der Waals surface area (Å²) in [5, 5.41) is 2.91. The van der Waals surface area contributed by atoms with Crippen molar-refractivity contribution in [3.63, 3.8) is 0 Å². The van der Waals surface area contributed by atoms with Crippen LogP contribution in [0.1, 0.15) is 31.0 Å². The van der Waals surface area contributed by atoms with Gasteiger partial charge in [-0.25, -0.2) is 4.98 Å². The molecule has 1 amide bonds. The summed E-state index contributed by atoms with van der Waals surface area (Å²) < 4.78 is 22.9. The highest BCUT2D eigenvalue weighted by Crippen LogP contribution is 2.33. The maximum atomic E-state index is 13.5. The third-order valence-corrected chi connectivity index (χ3v) is 7.72. The minimum absolute atomic E-state index is 0.0228. The van der Waals surface area contributed by atoms with Crippen molar-refractivity contribution in [2.75, 3.05) is 40.1 Å². The molecule has 0 radical (unpaired) electrons. The molecular formula is C29H34N2O5S. The molecule has 0 N–H and O–H groups in total. The predicted octanol–water partition coefficient (Wildman–Crippen LogP) is 4.98. The Labute approximate surface area is 222 Å². The molecule has 2 saturated heterocycles. The molecule has 3 aromatic rings. The quantitative estimate of drug-likeness (QED) is 0.354. The monoisotopic (exact) mass is 522 g/mol. The van der Waals surface area contributed by atoms with Gasteiger partial charge in [0.2, 0.25) is 5.91 Å². The van der Waals surface area contributed by atoms with Crippen molar-refractivity contribution < 1.29 is 23.7 Å². The molecule has 5 rings (SSSR count). The normalized spacial score (nSPS) is 18.3. The number of rotatable bonds is 11. The highest BCUT2D eigenvalue weighted by atomic mass is 32.1. The van der Waals surface area contributed by atoms with E-state index in [4.69, 9.17) is 23.9 Å². The minimum Gasteiger partial charge on any atom is -0.493 e. The number of hydrogen-bond donors (Lipinski definition) is 0. The van der Waals surface area contributed by atoms with Gasteiger partial charge in [0.25, 0.3) is 0 Å². The van der Waals surface area contributed by atoms with E-state index in [9.17, 15) is 4.79 Å². The van der Waals surface area contributed by atoms with Crippen LogP contribution in [0.5, 0.6) is 11.5 Å². The van der Waals surface area contributed by atoms with E-state index < -0.39 is 0 Å². The molecule has 2 aliphatic rings. The second kappa shape index (κ2) is 11.6. The van der Waals surface area contributed by atoms with Crippen LogP contribution < -0.4 is 9.47 Å². The molecular weight excluding hydrogens is 488 g/mol. The van der Waals surface area contributed by atoms with Gasteiger partial charge in [-0.3, -0.25) is 4.79 Å². The molecule has 0 spiro atoms. The highest BCUT2D eigenvalue weighted by Gasteiger charge is 2.34. The average molecular weight is 523 g/mol. The Morgan fingerprint density at radius 2 is 2.03 bits per heavy atom. The number of ether oxygens (including phenoxy) is 4. The Kier molecular flexibility index (Phi) is 8.08. The lowest BCUT2D eigenvalue weighted by Gasteiger charge is -2.37. The minimum atomic E-state index is 0.0228. The Morgan fingerprint density at radius 1 is 1.19 bits per heavy atom. The van der Waals surface area contributed by atoms with E-state index in [2.05, 4.69) is 6.92 Å². The number of benzene rings is 2. The number of amides is 1. The molecule has 7 nitrogen and oxygen atoms in total. The number of hydrogen-bond acceptors (Lipinski definition) is 7. The van der Waals surface area contributed by atoms with Crippen LogP contribution in [0, 0.1) is 5.41 Å². The Hall–Kier alpha value is -2.94. The van der Waals surface area contributed by atoms with Crippen LogP contribution in [0.2, 0.25) is 0 Å². The summed E-state index contributed by atoms with van der Waals surface area (Å²) in [7, 11) is 1.64. The number of nitrogens with zero attached hydrogens (tertiary/aromatic N) is 2. The molecule has 2 aliphatic heterocycles. The Morgan fingerprint density at radius 3 is 2.73 bits per heavy atom. The van der Waals surface area contributed by atoms with Crippen LogP contribution >= 0.6 is 11.3 Å². The highest BCUT2D eigenvalue weighted by molar-refractivity contribution is 7.13. The van der Waals surface area contributed by atoms with E-state index in [0.29, 0.717) is 44.4 Å². The summed E-state index contributed by atoms with van der Waals surface area (Å²) in [5.41, 5.74) is 2.87. The SMILES string of the molecule is COc1ccc(CN(C[C@@H]2CCCO2)C(=O)Cc2csc(-c3ccccc3)n2)cc1OCC1(C)COC1. The standard InChI is InChI=1S/C29H34N2O5S/c1-29(18-34-19-29)20-36-26-13-21(10-11-25(26)33-2)15-31(16-24-9-6-12-35-24)27(32)14-23-17-37-28(30-23)22-7-4-3-5-8-22/h3-5,7-8,10-11,13,17,24H,6,9,12,14-16,18-20H2,1-2H3/t24-/m0/s1. The topological polar surface area (TPSA) is 70.1 Å². The van der Waals surface area contributed by atoms with Crippen molar-refractivity contribution in [2.24, 2.45) is 5.41 Å². The molecule has 1 atom stereocenters. The van der Waals surface area contributed by atoms with Gasteiger partial charge < -0.3 is 23.8 Å². The van der Waals surface area contributed by atoms with Crippen molar-refractivity contribution in [1.29, 1.82) is 0 Å². The molecule has 0 unspecified atom stereocenters. The molecule has 2 fully saturated rings. The number of thiazole rings is 1. The second-order valence-corrected chi connectivity index (χ2v) is 11.0. The van der Waals surface area contributed by atoms with Crippen molar-refractivity contribution in [1.82, 2.24) is 9.88 Å². The van der Waals surface area contributed by atoms with Gasteiger partial charge in [0, 0.05) is 36.1 Å². The zero-order chi connectivity index (χ0) is 25.7. The third kappa shape index (κ3) is 6.50. The molecule has 37 heavy (non-hydrogen) atoms. The lowest BCUT2D eigenvalue weighted by atomic mass is 9.90. The van der Waals surface area contributed by atoms with E-state index >= 15 is 0 Å². The van der Waals surface area contributed by atoms with Crippen LogP contribution in [0.25, 0.3) is 10.6 Å². The molecule has 0 saturated carbocycles. The largest absolute Gasteiger partial charge is 0.493 e. The number of aromatic nitrogens is 1. The molecule has 0 aliphatic carbocycles. The first-order valence-electron chi connectivity index (χ1n) is 12.8. The van der Waals surface area contributed by atoms with E-state index in [1.165, 1.54) is 0 Å². The van der Waals surface area contributed by atoms with Crippen LogP contribution in [-0.4, -0.2) is 62.0 Å². The fourth-order valence-electron chi connectivity index (χ4n) is 4.60. The summed E-state index contributed by atoms with van der Waals surface area (Å²) in [5.74, 6) is 1.41. The van der Waals surface area contributed by atoms with Crippen molar-refractivity contribution >= 4 is 17.2 Å². The molecule has 8 heteroatoms. The fraction of sp³-hybridized carbons (Fsp3) is 0.448. The first kappa shape index (κ1) is 25.7. The van der Waals surface area contributed by atoms with E-state index in [-0.39, 0.29) is 23.8 Å². The Balaban J connectivity index is 1.30. The van der Waals surface area contributed by atoms with Gasteiger partial charge in [0.15, 0.2) is 11.5 Å². The maximum Gasteiger partial charge on any atom is 0.229 e. The summed E-state index contributed by atoms with van der Waals surface area (Å²) in [4.78, 5) is 20.2. The number of carbonyl (C=O) groups excluding carboxylic acids is 1. The van der Waals surface area contributed by atoms with Gasteiger partial charge in [0.05, 0.1) is 45.1 Å². The molecule has 3 heterocycles. The van der Waals surface area contributed by atoms with Crippen LogP contribution in [-0.2, 0) is 27.2 Å². The smallest absolute Gasteiger partial charge is 0.229 e. The van der Waals surface area contributed by atoms with Gasteiger partial charge in [0.1, 0.15) is 5.01 Å². The van der Waals surface area contributed by atoms with E-state index in [1.807, 2.05) is 58.8 Å². The second-order valence-electron chi connectivity index (χ2n) is 10.2. The Bertz CT molecular complexity index is 1190. The first-order valence-corrected chi connectivity index (χ1v) is 13.7. The predicted molar refractivity (Wildman–Crippen MR) is 143 cm³/mol. The molecule has 0 bridgehead atoms. The summed E-state index contributed by atoms with van der Waals surface area (Å²) in [6.45, 7) is 5.88. The summed E-state index contributed by atoms with van der Waals surface area (Å²) in [6.07, 6.45) is 2.32. The molecule has 196 valence electrons. The zero-order valence-electron chi connectivity index (χ0n) is 21.5. The lowest BCUT2D eigenvalue weighted by Crippen LogP contribution is -2.44. The van der Waals surface area contributed by atoms with Crippen LogP contribution in [0.4, 0.5) is 0 Å². The van der Waals surface area contributed by atoms with Crippen LogP contribution in [0.3, 0.4) is 0 Å². The van der Waals surface area contributed by atoms with Gasteiger partial charge in [-0.05, 0) is 30.5 Å². The van der Waals surface area contributed by atoms with Crippen molar-refractivity contribution in [3.05, 3.63) is 65.2 Å².